The van der Waals surface area contributed by atoms with Gasteiger partial charge in [-0.1, -0.05) is 29.8 Å². The van der Waals surface area contributed by atoms with Gasteiger partial charge in [-0.3, -0.25) is 4.79 Å². The molecule has 1 fully saturated rings. The van der Waals surface area contributed by atoms with Gasteiger partial charge in [-0.05, 0) is 50.3 Å². The predicted molar refractivity (Wildman–Crippen MR) is 119 cm³/mol. The van der Waals surface area contributed by atoms with Crippen LogP contribution >= 0.6 is 0 Å². The Labute approximate surface area is 208 Å². The number of amides is 1. The Morgan fingerprint density at radius 3 is 2.46 bits per heavy atom. The van der Waals surface area contributed by atoms with Crippen molar-refractivity contribution < 1.29 is 50.9 Å². The van der Waals surface area contributed by atoms with Crippen molar-refractivity contribution in [2.24, 2.45) is 5.92 Å². The maximum atomic E-state index is 13.8. The predicted octanol–water partition coefficient (Wildman–Crippen LogP) is 5.24. The van der Waals surface area contributed by atoms with Gasteiger partial charge in [0.05, 0.1) is 12.5 Å². The van der Waals surface area contributed by atoms with Crippen molar-refractivity contribution in [3.63, 3.8) is 0 Å². The molecule has 1 aliphatic carbocycles. The van der Waals surface area contributed by atoms with Crippen LogP contribution in [-0.2, 0) is 11.2 Å². The zero-order valence-electron chi connectivity index (χ0n) is 19.7. The Balaban J connectivity index is 1.54. The van der Waals surface area contributed by atoms with Crippen LogP contribution in [0.2, 0.25) is 0 Å². The topological polar surface area (TPSA) is 94.1 Å². The van der Waals surface area contributed by atoms with Crippen LogP contribution in [-0.4, -0.2) is 41.6 Å². The molecule has 37 heavy (non-hydrogen) atoms. The second-order valence-corrected chi connectivity index (χ2v) is 9.21. The quantitative estimate of drug-likeness (QED) is 0.477. The molecule has 0 saturated heterocycles. The highest BCUT2D eigenvalue weighted by atomic mass is 19.4. The van der Waals surface area contributed by atoms with Gasteiger partial charge in [0.25, 0.3) is 5.91 Å². The molecule has 0 aromatic heterocycles. The number of alkyl halides is 5. The molecule has 7 nitrogen and oxygen atoms in total. The first-order chi connectivity index (χ1) is 17.3. The average Bonchev–Trinajstić information content (AvgIpc) is 3.12. The van der Waals surface area contributed by atoms with Crippen LogP contribution in [0.3, 0.4) is 0 Å². The molecule has 12 heteroatoms. The lowest BCUT2D eigenvalue weighted by atomic mass is 9.76. The Bertz CT molecular complexity index is 1190. The summed E-state index contributed by atoms with van der Waals surface area (Å²) in [5.41, 5.74) is -0.272. The molecule has 1 saturated carbocycles. The van der Waals surface area contributed by atoms with Crippen molar-refractivity contribution in [2.45, 2.75) is 57.0 Å². The number of halogens is 5. The molecule has 2 aromatic carbocycles. The van der Waals surface area contributed by atoms with E-state index < -0.39 is 73.0 Å². The Kier molecular flexibility index (Phi) is 6.95. The number of carboxylic acids is 1. The molecule has 1 heterocycles. The molecule has 200 valence electrons. The first kappa shape index (κ1) is 26.5. The van der Waals surface area contributed by atoms with Crippen LogP contribution < -0.4 is 19.5 Å². The van der Waals surface area contributed by atoms with Crippen molar-refractivity contribution in [3.8, 4) is 17.2 Å². The SMILES string of the molecule is Cc1cccc(CCOc2cc(C(=O)N[C@]3(C(=O)O)CC[C@@H](C(F)(F)F)CC3)cc3c2OC(F)(F)O3)c1. The van der Waals surface area contributed by atoms with Crippen LogP contribution in [0.25, 0.3) is 0 Å². The summed E-state index contributed by atoms with van der Waals surface area (Å²) in [6.07, 6.45) is -9.91. The van der Waals surface area contributed by atoms with E-state index in [9.17, 15) is 36.6 Å². The number of rotatable bonds is 7. The van der Waals surface area contributed by atoms with Gasteiger partial charge >= 0.3 is 18.4 Å². The van der Waals surface area contributed by atoms with E-state index in [1.165, 1.54) is 0 Å². The third kappa shape index (κ3) is 5.89. The van der Waals surface area contributed by atoms with Gasteiger partial charge in [-0.25, -0.2) is 4.79 Å². The number of carboxylic acid groups (broad SMARTS) is 1. The summed E-state index contributed by atoms with van der Waals surface area (Å²) in [7, 11) is 0. The summed E-state index contributed by atoms with van der Waals surface area (Å²) >= 11 is 0. The third-order valence-corrected chi connectivity index (χ3v) is 6.53. The van der Waals surface area contributed by atoms with E-state index in [0.29, 0.717) is 6.42 Å². The molecular weight excluding hydrogens is 505 g/mol. The first-order valence-electron chi connectivity index (χ1n) is 11.5. The van der Waals surface area contributed by atoms with Crippen LogP contribution in [0.5, 0.6) is 17.2 Å². The fourth-order valence-electron chi connectivity index (χ4n) is 4.53. The summed E-state index contributed by atoms with van der Waals surface area (Å²) in [5, 5.41) is 12.0. The molecule has 0 unspecified atom stereocenters. The zero-order chi connectivity index (χ0) is 27.0. The maximum Gasteiger partial charge on any atom is 0.586 e. The van der Waals surface area contributed by atoms with Crippen molar-refractivity contribution in [1.29, 1.82) is 0 Å². The zero-order valence-corrected chi connectivity index (χ0v) is 19.7. The third-order valence-electron chi connectivity index (χ3n) is 6.53. The van der Waals surface area contributed by atoms with Gasteiger partial charge in [0.2, 0.25) is 5.75 Å². The van der Waals surface area contributed by atoms with Crippen LogP contribution in [0.1, 0.15) is 47.2 Å². The molecule has 0 atom stereocenters. The number of carbonyl (C=O) groups excluding carboxylic acids is 1. The second kappa shape index (κ2) is 9.71. The van der Waals surface area contributed by atoms with Crippen LogP contribution in [0.4, 0.5) is 22.0 Å². The van der Waals surface area contributed by atoms with Crippen LogP contribution in [0.15, 0.2) is 36.4 Å². The molecule has 1 aliphatic heterocycles. The molecule has 0 bridgehead atoms. The Hall–Kier alpha value is -3.57. The molecule has 4 rings (SSSR count). The largest absolute Gasteiger partial charge is 0.586 e. The van der Waals surface area contributed by atoms with Crippen molar-refractivity contribution in [2.75, 3.05) is 6.61 Å². The molecule has 2 aromatic rings. The highest BCUT2D eigenvalue weighted by Crippen LogP contribution is 2.48. The van der Waals surface area contributed by atoms with Gasteiger partial charge < -0.3 is 24.6 Å². The summed E-state index contributed by atoms with van der Waals surface area (Å²) < 4.78 is 81.3. The normalized spacial score (nSPS) is 22.4. The summed E-state index contributed by atoms with van der Waals surface area (Å²) in [5.74, 6) is -5.28. The highest BCUT2D eigenvalue weighted by Gasteiger charge is 2.50. The number of aryl methyl sites for hydroxylation is 1. The number of fused-ring (bicyclic) bond motifs is 1. The van der Waals surface area contributed by atoms with Gasteiger partial charge in [-0.15, -0.1) is 8.78 Å². The van der Waals surface area contributed by atoms with E-state index in [0.717, 1.165) is 23.3 Å². The minimum Gasteiger partial charge on any atom is -0.489 e. The van der Waals surface area contributed by atoms with Gasteiger partial charge in [-0.2, -0.15) is 13.2 Å². The molecule has 0 radical (unpaired) electrons. The molecule has 2 aliphatic rings. The number of carbonyl (C=O) groups is 2. The molecular formula is C25H24F5NO6. The van der Waals surface area contributed by atoms with Crippen LogP contribution in [0, 0.1) is 12.8 Å². The fourth-order valence-corrected chi connectivity index (χ4v) is 4.53. The van der Waals surface area contributed by atoms with E-state index in [1.54, 1.807) is 0 Å². The average molecular weight is 529 g/mol. The van der Waals surface area contributed by atoms with E-state index in [1.807, 2.05) is 31.2 Å². The lowest BCUT2D eigenvalue weighted by molar-refractivity contribution is -0.287. The number of ether oxygens (including phenoxy) is 3. The summed E-state index contributed by atoms with van der Waals surface area (Å²) in [6.45, 7) is 1.94. The Morgan fingerprint density at radius 1 is 1.14 bits per heavy atom. The fraction of sp³-hybridized carbons (Fsp3) is 0.440. The summed E-state index contributed by atoms with van der Waals surface area (Å²) in [4.78, 5) is 25.0. The summed E-state index contributed by atoms with van der Waals surface area (Å²) in [6, 6.07) is 9.58. The number of nitrogens with one attached hydrogen (secondary N) is 1. The van der Waals surface area contributed by atoms with Gasteiger partial charge in [0.15, 0.2) is 11.5 Å². The molecule has 0 spiro atoms. The van der Waals surface area contributed by atoms with Crippen molar-refractivity contribution in [3.05, 3.63) is 53.1 Å². The monoisotopic (exact) mass is 529 g/mol. The van der Waals surface area contributed by atoms with E-state index >= 15 is 0 Å². The van der Waals surface area contributed by atoms with Gasteiger partial charge in [0, 0.05) is 12.0 Å². The standard InChI is InChI=1S/C25H24F5NO6/c1-14-3-2-4-15(11-14)7-10-35-18-12-16(13-19-20(18)37-25(29,30)36-19)21(32)31-23(22(33)34)8-5-17(6-9-23)24(26,27)28/h2-4,11-13,17H,5-10H2,1H3,(H,31,32)(H,33,34)/t17-,23-. The minimum atomic E-state index is -4.47. The lowest BCUT2D eigenvalue weighted by Gasteiger charge is -2.37. The second-order valence-electron chi connectivity index (χ2n) is 9.21. The van der Waals surface area contributed by atoms with Crippen molar-refractivity contribution in [1.82, 2.24) is 5.32 Å². The van der Waals surface area contributed by atoms with E-state index in [2.05, 4.69) is 14.8 Å². The maximum absolute atomic E-state index is 13.8. The minimum absolute atomic E-state index is 0.0355. The Morgan fingerprint density at radius 2 is 1.84 bits per heavy atom. The van der Waals surface area contributed by atoms with Gasteiger partial charge in [0.1, 0.15) is 5.54 Å². The van der Waals surface area contributed by atoms with E-state index in [-0.39, 0.29) is 17.9 Å². The smallest absolute Gasteiger partial charge is 0.489 e. The van der Waals surface area contributed by atoms with E-state index in [4.69, 9.17) is 4.74 Å². The molecule has 1 amide bonds. The number of benzene rings is 2. The lowest BCUT2D eigenvalue weighted by Crippen LogP contribution is -2.57. The highest BCUT2D eigenvalue weighted by molar-refractivity contribution is 5.99. The number of hydrogen-bond acceptors (Lipinski definition) is 5. The number of hydrogen-bond donors (Lipinski definition) is 2. The first-order valence-corrected chi connectivity index (χ1v) is 11.5. The number of aliphatic carboxylic acids is 1. The van der Waals surface area contributed by atoms with Crippen molar-refractivity contribution >= 4 is 11.9 Å². The molecule has 2 N–H and O–H groups in total.